The summed E-state index contributed by atoms with van der Waals surface area (Å²) in [4.78, 5) is 43.2. The number of alkyl halides is 3. The molecule has 0 fully saturated rings. The van der Waals surface area contributed by atoms with E-state index in [9.17, 15) is 27.6 Å². The molecule has 1 heterocycles. The maximum Gasteiger partial charge on any atom is 0.418 e. The van der Waals surface area contributed by atoms with Crippen LogP contribution in [0.5, 0.6) is 0 Å². The number of fused-ring (bicyclic) bond motifs is 1. The largest absolute Gasteiger partial charge is 0.453 e. The topological polar surface area (TPSA) is 101 Å². The van der Waals surface area contributed by atoms with E-state index in [2.05, 4.69) is 15.3 Å². The minimum Gasteiger partial charge on any atom is -0.453 e. The molecule has 10 heteroatoms. The lowest BCUT2D eigenvalue weighted by molar-refractivity contribution is -0.153. The van der Waals surface area contributed by atoms with Crippen LogP contribution in [0.2, 0.25) is 0 Å². The first-order valence-corrected chi connectivity index (χ1v) is 9.79. The van der Waals surface area contributed by atoms with Gasteiger partial charge < -0.3 is 15.0 Å². The van der Waals surface area contributed by atoms with E-state index in [0.29, 0.717) is 29.6 Å². The predicted octanol–water partition coefficient (Wildman–Crippen LogP) is 3.84. The van der Waals surface area contributed by atoms with Gasteiger partial charge in [-0.25, -0.2) is 4.98 Å². The van der Waals surface area contributed by atoms with Gasteiger partial charge in [0.25, 0.3) is 11.5 Å². The second-order valence-electron chi connectivity index (χ2n) is 7.05. The first-order valence-electron chi connectivity index (χ1n) is 9.79. The van der Waals surface area contributed by atoms with E-state index < -0.39 is 35.4 Å². The van der Waals surface area contributed by atoms with Crippen molar-refractivity contribution in [3.8, 4) is 0 Å². The van der Waals surface area contributed by atoms with Crippen molar-refractivity contribution < 1.29 is 27.5 Å². The first kappa shape index (κ1) is 23.0. The van der Waals surface area contributed by atoms with E-state index in [0.717, 1.165) is 12.1 Å². The van der Waals surface area contributed by atoms with Crippen molar-refractivity contribution in [3.05, 3.63) is 70.3 Å². The number of amides is 1. The quantitative estimate of drug-likeness (QED) is 0.536. The zero-order valence-electron chi connectivity index (χ0n) is 17.0. The molecule has 32 heavy (non-hydrogen) atoms. The third-order valence-electron chi connectivity index (χ3n) is 4.62. The third kappa shape index (κ3) is 5.71. The summed E-state index contributed by atoms with van der Waals surface area (Å²) in [5.41, 5.74) is -1.15. The highest BCUT2D eigenvalue weighted by Gasteiger charge is 2.34. The van der Waals surface area contributed by atoms with Crippen LogP contribution in [0.25, 0.3) is 10.9 Å². The van der Waals surface area contributed by atoms with E-state index in [1.807, 2.05) is 0 Å². The molecule has 1 unspecified atom stereocenters. The van der Waals surface area contributed by atoms with Crippen LogP contribution in [0.4, 0.5) is 18.9 Å². The van der Waals surface area contributed by atoms with Crippen LogP contribution in [0, 0.1) is 0 Å². The summed E-state index contributed by atoms with van der Waals surface area (Å²) in [5, 5.41) is 2.60. The zero-order valence-corrected chi connectivity index (χ0v) is 17.0. The van der Waals surface area contributed by atoms with E-state index in [1.165, 1.54) is 19.1 Å². The van der Waals surface area contributed by atoms with E-state index in [4.69, 9.17) is 4.74 Å². The molecule has 1 aromatic heterocycles. The summed E-state index contributed by atoms with van der Waals surface area (Å²) < 4.78 is 44.1. The van der Waals surface area contributed by atoms with Gasteiger partial charge in [-0.15, -0.1) is 0 Å². The normalized spacial score (nSPS) is 12.4. The molecule has 0 bridgehead atoms. The Morgan fingerprint density at radius 1 is 1.12 bits per heavy atom. The molecule has 1 atom stereocenters. The lowest BCUT2D eigenvalue weighted by Gasteiger charge is -2.16. The Bertz CT molecular complexity index is 1190. The standard InChI is InChI=1S/C22H20F3N3O4/c1-13(20(30)27-17-10-5-3-8-15(17)22(23,24)25)32-19(29)12-6-11-18-26-16-9-4-2-7-14(16)21(31)28-18/h2-5,7-10,13H,6,11-12H2,1H3,(H,27,30)(H,26,28,31). The number of nitrogens with zero attached hydrogens (tertiary/aromatic N) is 1. The minimum atomic E-state index is -4.64. The predicted molar refractivity (Wildman–Crippen MR) is 111 cm³/mol. The Morgan fingerprint density at radius 2 is 1.81 bits per heavy atom. The number of esters is 1. The molecule has 7 nitrogen and oxygen atoms in total. The number of H-pyrrole nitrogens is 1. The maximum absolute atomic E-state index is 13.0. The summed E-state index contributed by atoms with van der Waals surface area (Å²) in [5.74, 6) is -1.16. The molecule has 168 valence electrons. The zero-order chi connectivity index (χ0) is 23.3. The van der Waals surface area contributed by atoms with Crippen LogP contribution >= 0.6 is 0 Å². The number of ether oxygens (including phenoxy) is 1. The van der Waals surface area contributed by atoms with Gasteiger partial charge in [-0.1, -0.05) is 24.3 Å². The number of aromatic nitrogens is 2. The van der Waals surface area contributed by atoms with Gasteiger partial charge in [0.1, 0.15) is 5.82 Å². The minimum absolute atomic E-state index is 0.0622. The summed E-state index contributed by atoms with van der Waals surface area (Å²) >= 11 is 0. The van der Waals surface area contributed by atoms with E-state index in [1.54, 1.807) is 24.3 Å². The van der Waals surface area contributed by atoms with Crippen LogP contribution in [0.3, 0.4) is 0 Å². The average molecular weight is 447 g/mol. The molecule has 1 amide bonds. The SMILES string of the molecule is CC(OC(=O)CCCc1nc2ccccc2c(=O)[nH]1)C(=O)Nc1ccccc1C(F)(F)F. The van der Waals surface area contributed by atoms with Gasteiger partial charge in [-0.05, 0) is 37.6 Å². The number of anilines is 1. The van der Waals surface area contributed by atoms with Crippen molar-refractivity contribution in [1.82, 2.24) is 9.97 Å². The van der Waals surface area contributed by atoms with Crippen molar-refractivity contribution in [2.45, 2.75) is 38.5 Å². The van der Waals surface area contributed by atoms with Crippen molar-refractivity contribution in [3.63, 3.8) is 0 Å². The molecule has 0 aliphatic carbocycles. The summed E-state index contributed by atoms with van der Waals surface area (Å²) in [6, 6.07) is 11.4. The highest BCUT2D eigenvalue weighted by atomic mass is 19.4. The molecule has 0 radical (unpaired) electrons. The van der Waals surface area contributed by atoms with Crippen molar-refractivity contribution in [2.24, 2.45) is 0 Å². The van der Waals surface area contributed by atoms with Crippen LogP contribution in [0.1, 0.15) is 31.2 Å². The molecule has 2 N–H and O–H groups in total. The fourth-order valence-corrected chi connectivity index (χ4v) is 3.04. The summed E-state index contributed by atoms with van der Waals surface area (Å²) in [7, 11) is 0. The number of aryl methyl sites for hydroxylation is 1. The number of hydrogen-bond acceptors (Lipinski definition) is 5. The Hall–Kier alpha value is -3.69. The fourth-order valence-electron chi connectivity index (χ4n) is 3.04. The summed E-state index contributed by atoms with van der Waals surface area (Å²) in [6.07, 6.45) is -5.39. The Labute approximate surface area is 180 Å². The number of rotatable bonds is 7. The molecule has 0 aliphatic heterocycles. The fraction of sp³-hybridized carbons (Fsp3) is 0.273. The van der Waals surface area contributed by atoms with Gasteiger partial charge >= 0.3 is 12.1 Å². The molecule has 3 aromatic rings. The van der Waals surface area contributed by atoms with Gasteiger partial charge in [0.15, 0.2) is 6.10 Å². The van der Waals surface area contributed by atoms with Crippen molar-refractivity contribution in [2.75, 3.05) is 5.32 Å². The smallest absolute Gasteiger partial charge is 0.418 e. The second-order valence-corrected chi connectivity index (χ2v) is 7.05. The van der Waals surface area contributed by atoms with Gasteiger partial charge in [0, 0.05) is 12.8 Å². The van der Waals surface area contributed by atoms with E-state index >= 15 is 0 Å². The van der Waals surface area contributed by atoms with Crippen molar-refractivity contribution in [1.29, 1.82) is 0 Å². The molecular weight excluding hydrogens is 427 g/mol. The van der Waals surface area contributed by atoms with Gasteiger partial charge in [0.2, 0.25) is 0 Å². The molecule has 2 aromatic carbocycles. The number of hydrogen-bond donors (Lipinski definition) is 2. The van der Waals surface area contributed by atoms with Crippen LogP contribution < -0.4 is 10.9 Å². The number of aromatic amines is 1. The van der Waals surface area contributed by atoms with Crippen molar-refractivity contribution >= 4 is 28.5 Å². The second kappa shape index (κ2) is 9.63. The number of halogens is 3. The first-order chi connectivity index (χ1) is 15.1. The van der Waals surface area contributed by atoms with Crippen LogP contribution in [-0.2, 0) is 26.9 Å². The highest BCUT2D eigenvalue weighted by molar-refractivity contribution is 5.95. The number of nitrogens with one attached hydrogen (secondary N) is 2. The van der Waals surface area contributed by atoms with Gasteiger partial charge in [0.05, 0.1) is 22.2 Å². The average Bonchev–Trinajstić information content (AvgIpc) is 2.73. The van der Waals surface area contributed by atoms with Crippen LogP contribution in [-0.4, -0.2) is 27.9 Å². The third-order valence-corrected chi connectivity index (χ3v) is 4.62. The number of para-hydroxylation sites is 2. The Balaban J connectivity index is 1.52. The van der Waals surface area contributed by atoms with Crippen LogP contribution in [0.15, 0.2) is 53.3 Å². The summed E-state index contributed by atoms with van der Waals surface area (Å²) in [6.45, 7) is 1.27. The van der Waals surface area contributed by atoms with Gasteiger partial charge in [-0.3, -0.25) is 14.4 Å². The monoisotopic (exact) mass is 447 g/mol. The molecule has 0 aliphatic rings. The Morgan fingerprint density at radius 3 is 2.56 bits per heavy atom. The molecule has 0 saturated carbocycles. The molecular formula is C22H20F3N3O4. The lowest BCUT2D eigenvalue weighted by Crippen LogP contribution is -2.30. The maximum atomic E-state index is 13.0. The molecule has 0 saturated heterocycles. The van der Waals surface area contributed by atoms with Gasteiger partial charge in [-0.2, -0.15) is 13.2 Å². The number of carbonyl (C=O) groups excluding carboxylic acids is 2. The number of carbonyl (C=O) groups is 2. The Kier molecular flexibility index (Phi) is 6.92. The highest BCUT2D eigenvalue weighted by Crippen LogP contribution is 2.34. The molecule has 0 spiro atoms. The lowest BCUT2D eigenvalue weighted by atomic mass is 10.1. The molecule has 3 rings (SSSR count). The van der Waals surface area contributed by atoms with E-state index in [-0.39, 0.29) is 12.0 Å². The number of benzene rings is 2.